The summed E-state index contributed by atoms with van der Waals surface area (Å²) < 4.78 is 53.0. The quantitative estimate of drug-likeness (QED) is 0.559. The summed E-state index contributed by atoms with van der Waals surface area (Å²) in [7, 11) is -5.53. The van der Waals surface area contributed by atoms with Crippen molar-refractivity contribution in [1.82, 2.24) is 0 Å². The number of carbonyl (C=O) groups excluding carboxylic acids is 1. The second kappa shape index (κ2) is 3.51. The van der Waals surface area contributed by atoms with E-state index in [0.29, 0.717) is 0 Å². The Morgan fingerprint density at radius 3 is 2.15 bits per heavy atom. The maximum atomic E-state index is 12.4. The average molecular weight is 214 g/mol. The Balaban J connectivity index is 4.73. The van der Waals surface area contributed by atoms with Crippen molar-refractivity contribution in [2.24, 2.45) is 0 Å². The fourth-order valence-electron chi connectivity index (χ4n) is 0.429. The molecule has 0 atom stereocenters. The zero-order valence-corrected chi connectivity index (χ0v) is 7.57. The molecule has 0 radical (unpaired) electrons. The van der Waals surface area contributed by atoms with Gasteiger partial charge in [-0.25, -0.2) is 0 Å². The maximum absolute atomic E-state index is 12.4. The third kappa shape index (κ3) is 3.19. The standard InChI is InChI=1S/C6H8F2O4S/c1-4(2)5(9)3-6(7,8)13(10,11)12/h1,3H2,2H3,(H,10,11,12). The van der Waals surface area contributed by atoms with Crippen LogP contribution >= 0.6 is 0 Å². The molecule has 0 aromatic heterocycles. The van der Waals surface area contributed by atoms with Gasteiger partial charge in [0.1, 0.15) is 0 Å². The number of ketones is 1. The Kier molecular flexibility index (Phi) is 3.28. The number of hydrogen-bond acceptors (Lipinski definition) is 3. The van der Waals surface area contributed by atoms with Gasteiger partial charge in [0.25, 0.3) is 0 Å². The zero-order valence-electron chi connectivity index (χ0n) is 6.75. The van der Waals surface area contributed by atoms with Crippen LogP contribution in [-0.4, -0.2) is 24.0 Å². The summed E-state index contributed by atoms with van der Waals surface area (Å²) in [6, 6.07) is 0. The molecule has 1 N–H and O–H groups in total. The zero-order chi connectivity index (χ0) is 10.9. The van der Waals surface area contributed by atoms with Gasteiger partial charge in [-0.05, 0) is 12.5 Å². The molecular weight excluding hydrogens is 206 g/mol. The number of halogens is 2. The van der Waals surface area contributed by atoms with Gasteiger partial charge in [-0.1, -0.05) is 6.58 Å². The second-order valence-corrected chi connectivity index (χ2v) is 4.04. The van der Waals surface area contributed by atoms with Gasteiger partial charge in [0.2, 0.25) is 0 Å². The van der Waals surface area contributed by atoms with E-state index in [1.165, 1.54) is 6.92 Å². The molecule has 7 heteroatoms. The smallest absolute Gasteiger partial charge is 0.294 e. The minimum absolute atomic E-state index is 0.191. The third-order valence-corrected chi connectivity index (χ3v) is 2.12. The van der Waals surface area contributed by atoms with E-state index in [1.807, 2.05) is 0 Å². The molecule has 0 bridgehead atoms. The molecule has 0 saturated carbocycles. The van der Waals surface area contributed by atoms with E-state index in [4.69, 9.17) is 4.55 Å². The van der Waals surface area contributed by atoms with Crippen molar-refractivity contribution in [2.75, 3.05) is 0 Å². The molecule has 0 amide bonds. The van der Waals surface area contributed by atoms with Crippen LogP contribution < -0.4 is 0 Å². The summed E-state index contributed by atoms with van der Waals surface area (Å²) in [5.41, 5.74) is -0.191. The summed E-state index contributed by atoms with van der Waals surface area (Å²) in [6.45, 7) is 4.23. The van der Waals surface area contributed by atoms with Gasteiger partial charge in [0.05, 0.1) is 6.42 Å². The number of rotatable bonds is 4. The van der Waals surface area contributed by atoms with Crippen LogP contribution in [0.2, 0.25) is 0 Å². The Morgan fingerprint density at radius 2 is 1.92 bits per heavy atom. The molecular formula is C6H8F2O4S. The first kappa shape index (κ1) is 12.2. The highest BCUT2D eigenvalue weighted by Gasteiger charge is 2.45. The molecule has 0 aliphatic carbocycles. The highest BCUT2D eigenvalue weighted by molar-refractivity contribution is 7.86. The molecule has 0 heterocycles. The van der Waals surface area contributed by atoms with Crippen molar-refractivity contribution in [3.8, 4) is 0 Å². The van der Waals surface area contributed by atoms with Crippen LogP contribution in [0.3, 0.4) is 0 Å². The van der Waals surface area contributed by atoms with Gasteiger partial charge in [-0.2, -0.15) is 17.2 Å². The molecule has 0 aromatic carbocycles. The number of allylic oxidation sites excluding steroid dienone is 1. The lowest BCUT2D eigenvalue weighted by molar-refractivity contribution is -0.119. The van der Waals surface area contributed by atoms with Crippen molar-refractivity contribution < 1.29 is 26.5 Å². The van der Waals surface area contributed by atoms with Crippen LogP contribution in [0.1, 0.15) is 13.3 Å². The molecule has 0 unspecified atom stereocenters. The van der Waals surface area contributed by atoms with E-state index in [1.54, 1.807) is 0 Å². The van der Waals surface area contributed by atoms with Gasteiger partial charge in [0, 0.05) is 0 Å². The van der Waals surface area contributed by atoms with Gasteiger partial charge in [-0.15, -0.1) is 0 Å². The summed E-state index contributed by atoms with van der Waals surface area (Å²) in [6.07, 6.45) is -1.58. The molecule has 13 heavy (non-hydrogen) atoms. The van der Waals surface area contributed by atoms with Crippen molar-refractivity contribution in [1.29, 1.82) is 0 Å². The predicted molar refractivity (Wildman–Crippen MR) is 40.9 cm³/mol. The van der Waals surface area contributed by atoms with Crippen molar-refractivity contribution in [2.45, 2.75) is 18.6 Å². The summed E-state index contributed by atoms with van der Waals surface area (Å²) in [4.78, 5) is 10.7. The minimum Gasteiger partial charge on any atom is -0.294 e. The summed E-state index contributed by atoms with van der Waals surface area (Å²) in [5.74, 6) is -1.11. The molecule has 0 rings (SSSR count). The predicted octanol–water partition coefficient (Wildman–Crippen LogP) is 1.00. The topological polar surface area (TPSA) is 71.4 Å². The minimum atomic E-state index is -5.53. The van der Waals surface area contributed by atoms with Crippen molar-refractivity contribution >= 4 is 15.9 Å². The SMILES string of the molecule is C=C(C)C(=O)CC(F)(F)S(=O)(=O)O. The lowest BCUT2D eigenvalue weighted by atomic mass is 10.2. The molecule has 0 aliphatic heterocycles. The van der Waals surface area contributed by atoms with E-state index in [9.17, 15) is 22.0 Å². The Bertz CT molecular complexity index is 331. The summed E-state index contributed by atoms with van der Waals surface area (Å²) >= 11 is 0. The normalized spacial score (nSPS) is 12.6. The van der Waals surface area contributed by atoms with Crippen LogP contribution in [0.25, 0.3) is 0 Å². The summed E-state index contributed by atoms with van der Waals surface area (Å²) in [5, 5.41) is -4.44. The van der Waals surface area contributed by atoms with Crippen molar-refractivity contribution in [3.63, 3.8) is 0 Å². The van der Waals surface area contributed by atoms with Gasteiger partial charge in [0.15, 0.2) is 5.78 Å². The van der Waals surface area contributed by atoms with Crippen LogP contribution in [0, 0.1) is 0 Å². The van der Waals surface area contributed by atoms with Crippen LogP contribution in [0.4, 0.5) is 8.78 Å². The number of Topliss-reactive ketones (excluding diaryl/α,β-unsaturated/α-hetero) is 1. The van der Waals surface area contributed by atoms with Gasteiger partial charge in [-0.3, -0.25) is 9.35 Å². The van der Waals surface area contributed by atoms with Crippen LogP contribution in [-0.2, 0) is 14.9 Å². The first-order valence-corrected chi connectivity index (χ1v) is 4.55. The van der Waals surface area contributed by atoms with Gasteiger partial charge >= 0.3 is 15.4 Å². The highest BCUT2D eigenvalue weighted by Crippen LogP contribution is 2.25. The monoisotopic (exact) mass is 214 g/mol. The van der Waals surface area contributed by atoms with Crippen LogP contribution in [0.15, 0.2) is 12.2 Å². The third-order valence-electron chi connectivity index (χ3n) is 1.22. The Morgan fingerprint density at radius 1 is 1.54 bits per heavy atom. The van der Waals surface area contributed by atoms with Gasteiger partial charge < -0.3 is 0 Å². The first-order chi connectivity index (χ1) is 5.58. The van der Waals surface area contributed by atoms with E-state index < -0.39 is 27.6 Å². The molecule has 0 aliphatic rings. The maximum Gasteiger partial charge on any atom is 0.377 e. The fraction of sp³-hybridized carbons (Fsp3) is 0.500. The van der Waals surface area contributed by atoms with E-state index in [-0.39, 0.29) is 5.57 Å². The number of hydrogen-bond donors (Lipinski definition) is 1. The molecule has 0 fully saturated rings. The second-order valence-electron chi connectivity index (χ2n) is 2.49. The first-order valence-electron chi connectivity index (χ1n) is 3.11. The number of alkyl halides is 2. The highest BCUT2D eigenvalue weighted by atomic mass is 32.2. The molecule has 0 spiro atoms. The fourth-order valence-corrected chi connectivity index (χ4v) is 0.743. The van der Waals surface area contributed by atoms with E-state index in [0.717, 1.165) is 0 Å². The van der Waals surface area contributed by atoms with E-state index >= 15 is 0 Å². The largest absolute Gasteiger partial charge is 0.377 e. The number of carbonyl (C=O) groups is 1. The Hall–Kier alpha value is -0.820. The molecule has 76 valence electrons. The van der Waals surface area contributed by atoms with E-state index in [2.05, 4.69) is 6.58 Å². The molecule has 0 aromatic rings. The molecule has 0 saturated heterocycles. The average Bonchev–Trinajstić information content (AvgIpc) is 1.83. The lowest BCUT2D eigenvalue weighted by Gasteiger charge is -2.11. The van der Waals surface area contributed by atoms with Crippen molar-refractivity contribution in [3.05, 3.63) is 12.2 Å². The Labute approximate surface area is 74.0 Å². The molecule has 4 nitrogen and oxygen atoms in total. The van der Waals surface area contributed by atoms with Crippen LogP contribution in [0.5, 0.6) is 0 Å². The lowest BCUT2D eigenvalue weighted by Crippen LogP contribution is -2.31.